The van der Waals surface area contributed by atoms with E-state index in [-0.39, 0.29) is 6.67 Å². The van der Waals surface area contributed by atoms with Gasteiger partial charge >= 0.3 is 0 Å². The molecular weight excluding hydrogens is 185 g/mol. The molecule has 0 aromatic heterocycles. The predicted molar refractivity (Wildman–Crippen MR) is 58.2 cm³/mol. The summed E-state index contributed by atoms with van der Waals surface area (Å²) in [7, 11) is 0. The van der Waals surface area contributed by atoms with Gasteiger partial charge < -0.3 is 4.90 Å². The molecule has 1 aliphatic heterocycles. The summed E-state index contributed by atoms with van der Waals surface area (Å²) in [4.78, 5) is 2.39. The van der Waals surface area contributed by atoms with Crippen LogP contribution in [0.15, 0.2) is 0 Å². The molecule has 1 aliphatic rings. The second kappa shape index (κ2) is 5.20. The number of hydrogen-bond donors (Lipinski definition) is 0. The fourth-order valence-electron chi connectivity index (χ4n) is 1.57. The fourth-order valence-corrected chi connectivity index (χ4v) is 2.71. The minimum atomic E-state index is -0.174. The van der Waals surface area contributed by atoms with Gasteiger partial charge in [0.25, 0.3) is 0 Å². The van der Waals surface area contributed by atoms with Crippen molar-refractivity contribution in [2.24, 2.45) is 0 Å². The van der Waals surface area contributed by atoms with Gasteiger partial charge in [-0.25, -0.2) is 0 Å². The molecule has 78 valence electrons. The molecular formula is C10H20FNS. The Hall–Kier alpha value is 0.240. The third-order valence-electron chi connectivity index (χ3n) is 2.54. The van der Waals surface area contributed by atoms with Crippen molar-refractivity contribution in [3.63, 3.8) is 0 Å². The molecule has 0 aromatic rings. The van der Waals surface area contributed by atoms with Gasteiger partial charge in [0.05, 0.1) is 6.67 Å². The fraction of sp³-hybridized carbons (Fsp3) is 1.00. The van der Waals surface area contributed by atoms with Gasteiger partial charge in [0, 0.05) is 23.6 Å². The van der Waals surface area contributed by atoms with Gasteiger partial charge in [-0.2, -0.15) is 11.8 Å². The van der Waals surface area contributed by atoms with Crippen LogP contribution in [-0.4, -0.2) is 41.7 Å². The predicted octanol–water partition coefficient (Wildman–Crippen LogP) is 2.56. The second-order valence-electron chi connectivity index (χ2n) is 4.24. The zero-order valence-electron chi connectivity index (χ0n) is 8.68. The Balaban J connectivity index is 2.28. The highest BCUT2D eigenvalue weighted by Gasteiger charge is 2.22. The molecule has 0 unspecified atom stereocenters. The van der Waals surface area contributed by atoms with Crippen LogP contribution in [0.4, 0.5) is 4.39 Å². The van der Waals surface area contributed by atoms with Crippen molar-refractivity contribution in [1.29, 1.82) is 0 Å². The highest BCUT2D eigenvalue weighted by Crippen LogP contribution is 2.30. The van der Waals surface area contributed by atoms with E-state index in [1.54, 1.807) is 0 Å². The minimum Gasteiger partial charge on any atom is -0.302 e. The molecule has 0 radical (unpaired) electrons. The molecule has 3 heteroatoms. The van der Waals surface area contributed by atoms with Gasteiger partial charge in [-0.3, -0.25) is 4.39 Å². The maximum absolute atomic E-state index is 12.0. The summed E-state index contributed by atoms with van der Waals surface area (Å²) in [5.74, 6) is 1.19. The first kappa shape index (κ1) is 11.3. The van der Waals surface area contributed by atoms with Gasteiger partial charge in [-0.05, 0) is 19.4 Å². The van der Waals surface area contributed by atoms with Crippen LogP contribution in [0, 0.1) is 0 Å². The third-order valence-corrected chi connectivity index (χ3v) is 3.91. The summed E-state index contributed by atoms with van der Waals surface area (Å²) in [6.45, 7) is 7.64. The summed E-state index contributed by atoms with van der Waals surface area (Å²) in [6, 6.07) is 0. The summed E-state index contributed by atoms with van der Waals surface area (Å²) < 4.78 is 12.4. The van der Waals surface area contributed by atoms with E-state index in [2.05, 4.69) is 18.7 Å². The normalized spacial score (nSPS) is 24.2. The van der Waals surface area contributed by atoms with Crippen molar-refractivity contribution in [3.8, 4) is 0 Å². The Morgan fingerprint density at radius 3 is 2.85 bits per heavy atom. The van der Waals surface area contributed by atoms with Gasteiger partial charge in [0.1, 0.15) is 0 Å². The minimum absolute atomic E-state index is 0.174. The number of nitrogens with zero attached hydrogens (tertiary/aromatic N) is 1. The number of halogens is 1. The number of rotatable bonds is 3. The van der Waals surface area contributed by atoms with Crippen molar-refractivity contribution in [2.45, 2.75) is 31.4 Å². The molecule has 0 N–H and O–H groups in total. The van der Waals surface area contributed by atoms with Gasteiger partial charge in [0.2, 0.25) is 0 Å². The lowest BCUT2D eigenvalue weighted by molar-refractivity contribution is 0.268. The van der Waals surface area contributed by atoms with Gasteiger partial charge in [0.15, 0.2) is 0 Å². The third kappa shape index (κ3) is 4.32. The summed E-state index contributed by atoms with van der Waals surface area (Å²) in [5, 5.41) is 0. The molecule has 1 saturated heterocycles. The molecule has 1 nitrogen and oxygen atoms in total. The molecule has 0 spiro atoms. The van der Waals surface area contributed by atoms with E-state index in [1.807, 2.05) is 11.8 Å². The SMILES string of the molecule is CC1(C)CCN(CCCF)CCS1. The van der Waals surface area contributed by atoms with Crippen molar-refractivity contribution in [1.82, 2.24) is 4.90 Å². The topological polar surface area (TPSA) is 3.24 Å². The van der Waals surface area contributed by atoms with E-state index in [0.29, 0.717) is 11.2 Å². The molecule has 0 atom stereocenters. The lowest BCUT2D eigenvalue weighted by atomic mass is 10.1. The molecule has 0 saturated carbocycles. The Bertz CT molecular complexity index is 150. The first-order chi connectivity index (χ1) is 6.14. The van der Waals surface area contributed by atoms with E-state index < -0.39 is 0 Å². The van der Waals surface area contributed by atoms with Crippen LogP contribution >= 0.6 is 11.8 Å². The Kier molecular flexibility index (Phi) is 4.53. The Morgan fingerprint density at radius 1 is 1.38 bits per heavy atom. The summed E-state index contributed by atoms with van der Waals surface area (Å²) >= 11 is 2.04. The lowest BCUT2D eigenvalue weighted by Crippen LogP contribution is -2.28. The van der Waals surface area contributed by atoms with Crippen LogP contribution in [0.1, 0.15) is 26.7 Å². The van der Waals surface area contributed by atoms with Crippen molar-refractivity contribution in [3.05, 3.63) is 0 Å². The van der Waals surface area contributed by atoms with Crippen molar-refractivity contribution >= 4 is 11.8 Å². The molecule has 13 heavy (non-hydrogen) atoms. The zero-order chi connectivity index (χ0) is 9.73. The molecule has 1 rings (SSSR count). The maximum Gasteiger partial charge on any atom is 0.0906 e. The van der Waals surface area contributed by atoms with E-state index in [0.717, 1.165) is 19.6 Å². The van der Waals surface area contributed by atoms with E-state index in [4.69, 9.17) is 0 Å². The summed E-state index contributed by atoms with van der Waals surface area (Å²) in [5.41, 5.74) is 0. The maximum atomic E-state index is 12.0. The van der Waals surface area contributed by atoms with Crippen LogP contribution in [0.2, 0.25) is 0 Å². The highest BCUT2D eigenvalue weighted by atomic mass is 32.2. The first-order valence-electron chi connectivity index (χ1n) is 5.06. The first-order valence-corrected chi connectivity index (χ1v) is 6.05. The van der Waals surface area contributed by atoms with E-state index >= 15 is 0 Å². The average Bonchev–Trinajstić information content (AvgIpc) is 2.23. The average molecular weight is 205 g/mol. The lowest BCUT2D eigenvalue weighted by Gasteiger charge is -2.22. The molecule has 1 fully saturated rings. The van der Waals surface area contributed by atoms with Crippen LogP contribution in [0.5, 0.6) is 0 Å². The number of hydrogen-bond acceptors (Lipinski definition) is 2. The van der Waals surface area contributed by atoms with Crippen molar-refractivity contribution in [2.75, 3.05) is 32.1 Å². The smallest absolute Gasteiger partial charge is 0.0906 e. The van der Waals surface area contributed by atoms with E-state index in [1.165, 1.54) is 12.2 Å². The number of alkyl halides is 1. The van der Waals surface area contributed by atoms with Crippen LogP contribution in [0.25, 0.3) is 0 Å². The molecule has 0 aliphatic carbocycles. The van der Waals surface area contributed by atoms with Gasteiger partial charge in [-0.1, -0.05) is 13.8 Å². The highest BCUT2D eigenvalue weighted by molar-refractivity contribution is 8.00. The molecule has 0 aromatic carbocycles. The Labute approximate surface area is 85.1 Å². The van der Waals surface area contributed by atoms with Crippen molar-refractivity contribution < 1.29 is 4.39 Å². The summed E-state index contributed by atoms with van der Waals surface area (Å²) in [6.07, 6.45) is 1.93. The monoisotopic (exact) mass is 205 g/mol. The Morgan fingerprint density at radius 2 is 2.15 bits per heavy atom. The molecule has 0 amide bonds. The molecule has 1 heterocycles. The van der Waals surface area contributed by atoms with Crippen LogP contribution < -0.4 is 0 Å². The second-order valence-corrected chi connectivity index (χ2v) is 6.04. The molecule has 0 bridgehead atoms. The van der Waals surface area contributed by atoms with Gasteiger partial charge in [-0.15, -0.1) is 0 Å². The van der Waals surface area contributed by atoms with E-state index in [9.17, 15) is 4.39 Å². The standard InChI is InChI=1S/C10H20FNS/c1-10(2)4-7-12(6-3-5-11)8-9-13-10/h3-9H2,1-2H3. The van der Waals surface area contributed by atoms with Crippen LogP contribution in [0.3, 0.4) is 0 Å². The number of thioether (sulfide) groups is 1. The quantitative estimate of drug-likeness (QED) is 0.696. The largest absolute Gasteiger partial charge is 0.302 e. The zero-order valence-corrected chi connectivity index (χ0v) is 9.50. The van der Waals surface area contributed by atoms with Crippen LogP contribution in [-0.2, 0) is 0 Å².